The summed E-state index contributed by atoms with van der Waals surface area (Å²) in [6.45, 7) is 0. The third kappa shape index (κ3) is 3.74. The number of hydrogen-bond donors (Lipinski definition) is 2. The fraction of sp³-hybridized carbons (Fsp3) is 0.286. The number of amides is 1. The molecule has 4 nitrogen and oxygen atoms in total. The number of carbonyl (C=O) groups is 2. The molecule has 2 rings (SSSR count). The maximum absolute atomic E-state index is 11.7. The van der Waals surface area contributed by atoms with Crippen LogP contribution < -0.4 is 5.32 Å². The zero-order chi connectivity index (χ0) is 14.5. The predicted octanol–water partition coefficient (Wildman–Crippen LogP) is 3.68. The van der Waals surface area contributed by atoms with Gasteiger partial charge in [-0.25, -0.2) is 4.79 Å². The van der Waals surface area contributed by atoms with Gasteiger partial charge in [-0.2, -0.15) is 11.8 Å². The van der Waals surface area contributed by atoms with Crippen LogP contribution in [0.5, 0.6) is 0 Å². The molecule has 106 valence electrons. The van der Waals surface area contributed by atoms with Crippen LogP contribution in [-0.2, 0) is 4.79 Å². The number of aromatic carboxylic acids is 1. The zero-order valence-electron chi connectivity index (χ0n) is 11.0. The van der Waals surface area contributed by atoms with Crippen LogP contribution in [-0.4, -0.2) is 29.0 Å². The lowest BCUT2D eigenvalue weighted by Crippen LogP contribution is -2.11. The van der Waals surface area contributed by atoms with Gasteiger partial charge in [0.25, 0.3) is 0 Å². The lowest BCUT2D eigenvalue weighted by atomic mass is 10.2. The van der Waals surface area contributed by atoms with Crippen LogP contribution in [0.15, 0.2) is 24.3 Å². The molecule has 0 atom stereocenters. The zero-order valence-corrected chi connectivity index (χ0v) is 12.6. The summed E-state index contributed by atoms with van der Waals surface area (Å²) in [6.07, 6.45) is 3.38. The maximum atomic E-state index is 11.7. The Morgan fingerprint density at radius 3 is 2.85 bits per heavy atom. The minimum absolute atomic E-state index is 0.00733. The van der Waals surface area contributed by atoms with Crippen LogP contribution in [0.25, 0.3) is 10.1 Å². The van der Waals surface area contributed by atoms with Crippen molar-refractivity contribution in [2.24, 2.45) is 0 Å². The minimum atomic E-state index is -0.922. The molecule has 0 bridgehead atoms. The average Bonchev–Trinajstić information content (AvgIpc) is 2.82. The second kappa shape index (κ2) is 6.76. The first-order valence-electron chi connectivity index (χ1n) is 6.16. The number of carboxylic acid groups (broad SMARTS) is 1. The first-order chi connectivity index (χ1) is 9.60. The molecule has 0 saturated heterocycles. The van der Waals surface area contributed by atoms with E-state index in [2.05, 4.69) is 5.32 Å². The van der Waals surface area contributed by atoms with Gasteiger partial charge in [0.2, 0.25) is 5.91 Å². The molecule has 0 aliphatic heterocycles. The molecule has 0 saturated carbocycles. The van der Waals surface area contributed by atoms with Gasteiger partial charge in [-0.1, -0.05) is 0 Å². The van der Waals surface area contributed by atoms with Crippen LogP contribution in [0.4, 0.5) is 5.69 Å². The number of anilines is 1. The van der Waals surface area contributed by atoms with Crippen molar-refractivity contribution in [2.45, 2.75) is 12.8 Å². The maximum Gasteiger partial charge on any atom is 0.345 e. The Morgan fingerprint density at radius 1 is 1.35 bits per heavy atom. The Hall–Kier alpha value is -1.53. The number of fused-ring (bicyclic) bond motifs is 1. The summed E-state index contributed by atoms with van der Waals surface area (Å²) in [5.74, 6) is 0.0415. The molecule has 0 spiro atoms. The average molecular weight is 309 g/mol. The third-order valence-corrected chi connectivity index (χ3v) is 4.56. The number of carbonyl (C=O) groups excluding carboxylic acids is 1. The highest BCUT2D eigenvalue weighted by Crippen LogP contribution is 2.28. The van der Waals surface area contributed by atoms with Crippen LogP contribution >= 0.6 is 23.1 Å². The number of thioether (sulfide) groups is 1. The molecule has 1 amide bonds. The molecule has 0 fully saturated rings. The van der Waals surface area contributed by atoms with Crippen molar-refractivity contribution < 1.29 is 14.7 Å². The molecule has 0 aliphatic rings. The largest absolute Gasteiger partial charge is 0.477 e. The van der Waals surface area contributed by atoms with E-state index in [-0.39, 0.29) is 5.91 Å². The van der Waals surface area contributed by atoms with Crippen molar-refractivity contribution in [3.8, 4) is 0 Å². The summed E-state index contributed by atoms with van der Waals surface area (Å²) in [6, 6.07) is 7.08. The van der Waals surface area contributed by atoms with Gasteiger partial charge in [0.1, 0.15) is 4.88 Å². The van der Waals surface area contributed by atoms with E-state index >= 15 is 0 Å². The molecule has 6 heteroatoms. The molecule has 0 aliphatic carbocycles. The Morgan fingerprint density at radius 2 is 2.15 bits per heavy atom. The molecule has 1 aromatic carbocycles. The van der Waals surface area contributed by atoms with Crippen LogP contribution in [0.1, 0.15) is 22.5 Å². The highest BCUT2D eigenvalue weighted by atomic mass is 32.2. The molecular weight excluding hydrogens is 294 g/mol. The Kier molecular flexibility index (Phi) is 5.03. The van der Waals surface area contributed by atoms with Gasteiger partial charge in [-0.15, -0.1) is 11.3 Å². The minimum Gasteiger partial charge on any atom is -0.477 e. The van der Waals surface area contributed by atoms with Crippen molar-refractivity contribution in [2.75, 3.05) is 17.3 Å². The lowest BCUT2D eigenvalue weighted by Gasteiger charge is -2.04. The van der Waals surface area contributed by atoms with Gasteiger partial charge in [0.05, 0.1) is 0 Å². The van der Waals surface area contributed by atoms with Gasteiger partial charge < -0.3 is 10.4 Å². The van der Waals surface area contributed by atoms with E-state index in [0.717, 1.165) is 22.3 Å². The standard InChI is InChI=1S/C14H15NO3S2/c1-19-6-2-3-13(16)15-10-4-5-11-9(7-10)8-12(20-11)14(17)18/h4-5,7-8H,2-3,6H2,1H3,(H,15,16)(H,17,18). The Bertz CT molecular complexity index is 636. The second-order valence-electron chi connectivity index (χ2n) is 4.31. The highest BCUT2D eigenvalue weighted by molar-refractivity contribution is 7.98. The van der Waals surface area contributed by atoms with Gasteiger partial charge in [-0.05, 0) is 48.1 Å². The van der Waals surface area contributed by atoms with E-state index in [1.807, 2.05) is 18.4 Å². The molecule has 2 aromatic rings. The van der Waals surface area contributed by atoms with E-state index in [1.165, 1.54) is 11.3 Å². The summed E-state index contributed by atoms with van der Waals surface area (Å²) in [5.41, 5.74) is 0.710. The summed E-state index contributed by atoms with van der Waals surface area (Å²) in [7, 11) is 0. The normalized spacial score (nSPS) is 10.7. The number of rotatable bonds is 6. The van der Waals surface area contributed by atoms with Gasteiger partial charge in [0.15, 0.2) is 0 Å². The molecule has 2 N–H and O–H groups in total. The van der Waals surface area contributed by atoms with E-state index in [1.54, 1.807) is 23.9 Å². The van der Waals surface area contributed by atoms with E-state index < -0.39 is 5.97 Å². The highest BCUT2D eigenvalue weighted by Gasteiger charge is 2.09. The Labute approximate surface area is 125 Å². The van der Waals surface area contributed by atoms with Crippen molar-refractivity contribution in [1.82, 2.24) is 0 Å². The number of hydrogen-bond acceptors (Lipinski definition) is 4. The summed E-state index contributed by atoms with van der Waals surface area (Å²) in [5, 5.41) is 12.6. The first kappa shape index (κ1) is 14.9. The van der Waals surface area contributed by atoms with Crippen molar-refractivity contribution in [1.29, 1.82) is 0 Å². The fourth-order valence-electron chi connectivity index (χ4n) is 1.83. The topological polar surface area (TPSA) is 66.4 Å². The van der Waals surface area contributed by atoms with E-state index in [9.17, 15) is 9.59 Å². The van der Waals surface area contributed by atoms with Crippen LogP contribution in [0.3, 0.4) is 0 Å². The summed E-state index contributed by atoms with van der Waals surface area (Å²) < 4.78 is 0.905. The van der Waals surface area contributed by atoms with E-state index in [0.29, 0.717) is 17.0 Å². The summed E-state index contributed by atoms with van der Waals surface area (Å²) >= 11 is 2.96. The van der Waals surface area contributed by atoms with Gasteiger partial charge in [-0.3, -0.25) is 4.79 Å². The number of benzene rings is 1. The summed E-state index contributed by atoms with van der Waals surface area (Å²) in [4.78, 5) is 23.0. The van der Waals surface area contributed by atoms with Crippen LogP contribution in [0, 0.1) is 0 Å². The molecule has 20 heavy (non-hydrogen) atoms. The van der Waals surface area contributed by atoms with Crippen molar-refractivity contribution in [3.63, 3.8) is 0 Å². The van der Waals surface area contributed by atoms with E-state index in [4.69, 9.17) is 5.11 Å². The molecule has 1 heterocycles. The lowest BCUT2D eigenvalue weighted by molar-refractivity contribution is -0.116. The number of nitrogens with one attached hydrogen (secondary N) is 1. The van der Waals surface area contributed by atoms with Crippen molar-refractivity contribution >= 4 is 50.7 Å². The molecular formula is C14H15NO3S2. The molecule has 0 radical (unpaired) electrons. The van der Waals surface area contributed by atoms with Gasteiger partial charge in [0, 0.05) is 16.8 Å². The predicted molar refractivity (Wildman–Crippen MR) is 85.0 cm³/mol. The monoisotopic (exact) mass is 309 g/mol. The second-order valence-corrected chi connectivity index (χ2v) is 6.38. The van der Waals surface area contributed by atoms with Gasteiger partial charge >= 0.3 is 5.97 Å². The molecule has 0 unspecified atom stereocenters. The SMILES string of the molecule is CSCCCC(=O)Nc1ccc2sc(C(=O)O)cc2c1. The van der Waals surface area contributed by atoms with Crippen molar-refractivity contribution in [3.05, 3.63) is 29.1 Å². The quantitative estimate of drug-likeness (QED) is 0.799. The number of thiophene rings is 1. The smallest absolute Gasteiger partial charge is 0.345 e. The number of carboxylic acids is 1. The first-order valence-corrected chi connectivity index (χ1v) is 8.37. The fourth-order valence-corrected chi connectivity index (χ4v) is 3.14. The molecule has 1 aromatic heterocycles. The third-order valence-electron chi connectivity index (χ3n) is 2.76. The van der Waals surface area contributed by atoms with Crippen LogP contribution in [0.2, 0.25) is 0 Å². The Balaban J connectivity index is 2.07.